The highest BCUT2D eigenvalue weighted by molar-refractivity contribution is 5.86. The van der Waals surface area contributed by atoms with Crippen molar-refractivity contribution >= 4 is 23.8 Å². The van der Waals surface area contributed by atoms with E-state index in [1.54, 1.807) is 27.7 Å². The fraction of sp³-hybridized carbons (Fsp3) is 0.690. The van der Waals surface area contributed by atoms with E-state index in [1.165, 1.54) is 29.2 Å². The van der Waals surface area contributed by atoms with E-state index in [2.05, 4.69) is 20.7 Å². The first-order valence-electron chi connectivity index (χ1n) is 14.5. The highest BCUT2D eigenvalue weighted by Gasteiger charge is 2.34. The Morgan fingerprint density at radius 1 is 1.00 bits per heavy atom. The molecule has 1 saturated carbocycles. The molecule has 3 amide bonds. The average molecular weight is 601 g/mol. The van der Waals surface area contributed by atoms with E-state index in [-0.39, 0.29) is 24.2 Å². The molecule has 0 aromatic heterocycles. The predicted octanol–water partition coefficient (Wildman–Crippen LogP) is 5.58. The van der Waals surface area contributed by atoms with Gasteiger partial charge < -0.3 is 35.1 Å². The normalized spacial score (nSPS) is 19.4. The van der Waals surface area contributed by atoms with Crippen LogP contribution in [0.15, 0.2) is 24.3 Å². The molecule has 1 unspecified atom stereocenters. The molecule has 2 fully saturated rings. The minimum absolute atomic E-state index is 0.216. The number of nitrogens with one attached hydrogen (secondary N) is 3. The zero-order valence-electron chi connectivity index (χ0n) is 24.7. The minimum Gasteiger partial charge on any atom is -0.444 e. The molecule has 0 spiro atoms. The molecule has 1 heterocycles. The predicted molar refractivity (Wildman–Crippen MR) is 150 cm³/mol. The topological polar surface area (TPSA) is 118 Å². The van der Waals surface area contributed by atoms with Gasteiger partial charge >= 0.3 is 18.5 Å². The smallest absolute Gasteiger partial charge is 0.444 e. The van der Waals surface area contributed by atoms with Crippen molar-refractivity contribution in [1.82, 2.24) is 15.5 Å². The summed E-state index contributed by atoms with van der Waals surface area (Å²) in [7, 11) is 0. The lowest BCUT2D eigenvalue weighted by atomic mass is 9.84. The number of hydrogen-bond donors (Lipinski definition) is 3. The third kappa shape index (κ3) is 11.8. The molecule has 13 heteroatoms. The highest BCUT2D eigenvalue weighted by atomic mass is 19.4. The molecule has 2 aliphatic rings. The Morgan fingerprint density at radius 2 is 1.67 bits per heavy atom. The number of rotatable bonds is 10. The molecule has 0 bridgehead atoms. The van der Waals surface area contributed by atoms with Crippen LogP contribution in [-0.4, -0.2) is 72.8 Å². The first kappa shape index (κ1) is 33.1. The van der Waals surface area contributed by atoms with Crippen LogP contribution < -0.4 is 20.7 Å². The maximum absolute atomic E-state index is 13.3. The second kappa shape index (κ2) is 14.7. The zero-order chi connectivity index (χ0) is 30.9. The van der Waals surface area contributed by atoms with Crippen molar-refractivity contribution in [2.45, 2.75) is 103 Å². The fourth-order valence-electron chi connectivity index (χ4n) is 5.07. The maximum Gasteiger partial charge on any atom is 0.573 e. The Kier molecular flexibility index (Phi) is 11.6. The van der Waals surface area contributed by atoms with Crippen molar-refractivity contribution in [2.24, 2.45) is 5.92 Å². The summed E-state index contributed by atoms with van der Waals surface area (Å²) in [5, 5.41) is 8.72. The zero-order valence-corrected chi connectivity index (χ0v) is 24.7. The monoisotopic (exact) mass is 600 g/mol. The lowest BCUT2D eigenvalue weighted by Crippen LogP contribution is -2.51. The fourth-order valence-corrected chi connectivity index (χ4v) is 5.07. The molecule has 3 rings (SSSR count). The van der Waals surface area contributed by atoms with Gasteiger partial charge in [0, 0.05) is 31.2 Å². The van der Waals surface area contributed by atoms with Crippen LogP contribution in [0.5, 0.6) is 5.75 Å². The van der Waals surface area contributed by atoms with Gasteiger partial charge in [-0.05, 0) is 64.3 Å². The van der Waals surface area contributed by atoms with E-state index in [4.69, 9.17) is 9.47 Å². The number of hydrogen-bond acceptors (Lipinski definition) is 7. The van der Waals surface area contributed by atoms with Crippen LogP contribution in [0, 0.1) is 5.92 Å². The van der Waals surface area contributed by atoms with Gasteiger partial charge in [-0.2, -0.15) is 0 Å². The van der Waals surface area contributed by atoms with Crippen LogP contribution in [0.1, 0.15) is 72.6 Å². The van der Waals surface area contributed by atoms with E-state index in [0.29, 0.717) is 37.5 Å². The van der Waals surface area contributed by atoms with Crippen LogP contribution in [-0.2, 0) is 14.3 Å². The van der Waals surface area contributed by atoms with Gasteiger partial charge in [0.15, 0.2) is 0 Å². The summed E-state index contributed by atoms with van der Waals surface area (Å²) >= 11 is 0. The standard InChI is InChI=1S/C29H43F3N4O6/c1-19(17-33-21-10-12-22(13-11-21)41-29(30,31)32)34-25(37)24(16-20-8-6-5-7-9-20)35-26(38)40-23-14-15-36(18-23)27(39)42-28(2,3)4/h10-13,19-20,23-24,33H,5-9,14-18H2,1-4H3,(H,34,37)(H,35,38)/t19-,23?,24+/m0/s1. The van der Waals surface area contributed by atoms with E-state index < -0.39 is 36.3 Å². The average Bonchev–Trinajstić information content (AvgIpc) is 3.35. The number of alkyl carbamates (subject to hydrolysis) is 1. The number of nitrogens with zero attached hydrogens (tertiary/aromatic N) is 1. The third-order valence-corrected chi connectivity index (χ3v) is 7.06. The van der Waals surface area contributed by atoms with Crippen LogP contribution in [0.25, 0.3) is 0 Å². The van der Waals surface area contributed by atoms with E-state index in [1.807, 2.05) is 0 Å². The molecule has 0 radical (unpaired) electrons. The summed E-state index contributed by atoms with van der Waals surface area (Å²) in [6.45, 7) is 8.05. The quantitative estimate of drug-likeness (QED) is 0.321. The Hall–Kier alpha value is -3.38. The van der Waals surface area contributed by atoms with Crippen LogP contribution in [0.2, 0.25) is 0 Å². The number of likely N-dealkylation sites (tertiary alicyclic amines) is 1. The number of carbonyl (C=O) groups excluding carboxylic acids is 3. The third-order valence-electron chi connectivity index (χ3n) is 7.06. The van der Waals surface area contributed by atoms with Crippen LogP contribution >= 0.6 is 0 Å². The van der Waals surface area contributed by atoms with Gasteiger partial charge in [-0.1, -0.05) is 32.1 Å². The number of anilines is 1. The first-order valence-corrected chi connectivity index (χ1v) is 14.5. The van der Waals surface area contributed by atoms with Crippen molar-refractivity contribution in [2.75, 3.05) is 25.0 Å². The SMILES string of the molecule is C[C@@H](CNc1ccc(OC(F)(F)F)cc1)NC(=O)[C@@H](CC1CCCCC1)NC(=O)OC1CCN(C(=O)OC(C)(C)C)C1. The van der Waals surface area contributed by atoms with Crippen LogP contribution in [0.3, 0.4) is 0 Å². The van der Waals surface area contributed by atoms with Crippen molar-refractivity contribution in [3.8, 4) is 5.75 Å². The molecule has 3 atom stereocenters. The number of alkyl halides is 3. The van der Waals surface area contributed by atoms with Gasteiger partial charge in [0.05, 0.1) is 6.54 Å². The molecule has 42 heavy (non-hydrogen) atoms. The van der Waals surface area contributed by atoms with Gasteiger partial charge in [0.2, 0.25) is 5.91 Å². The molecular weight excluding hydrogens is 557 g/mol. The molecule has 1 aromatic rings. The van der Waals surface area contributed by atoms with Gasteiger partial charge in [0.1, 0.15) is 23.5 Å². The van der Waals surface area contributed by atoms with Crippen LogP contribution in [0.4, 0.5) is 28.4 Å². The molecular formula is C29H43F3N4O6. The summed E-state index contributed by atoms with van der Waals surface area (Å²) < 4.78 is 52.0. The number of carbonyl (C=O) groups is 3. The van der Waals surface area contributed by atoms with Gasteiger partial charge in [-0.3, -0.25) is 4.79 Å². The summed E-state index contributed by atoms with van der Waals surface area (Å²) in [6, 6.07) is 4.15. The molecule has 10 nitrogen and oxygen atoms in total. The number of ether oxygens (including phenoxy) is 3. The largest absolute Gasteiger partial charge is 0.573 e. The Morgan fingerprint density at radius 3 is 2.29 bits per heavy atom. The van der Waals surface area contributed by atoms with Crippen molar-refractivity contribution in [3.63, 3.8) is 0 Å². The summed E-state index contributed by atoms with van der Waals surface area (Å²) in [6.07, 6.45) is -0.201. The van der Waals surface area contributed by atoms with Gasteiger partial charge in [-0.15, -0.1) is 13.2 Å². The number of halogens is 3. The Labute approximate surface area is 245 Å². The minimum atomic E-state index is -4.76. The maximum atomic E-state index is 13.3. The molecule has 1 saturated heterocycles. The van der Waals surface area contributed by atoms with Gasteiger partial charge in [0.25, 0.3) is 0 Å². The number of amides is 3. The lowest BCUT2D eigenvalue weighted by molar-refractivity contribution is -0.274. The van der Waals surface area contributed by atoms with Crippen molar-refractivity contribution in [1.29, 1.82) is 0 Å². The van der Waals surface area contributed by atoms with Crippen molar-refractivity contribution < 1.29 is 41.8 Å². The van der Waals surface area contributed by atoms with Crippen molar-refractivity contribution in [3.05, 3.63) is 24.3 Å². The summed E-state index contributed by atoms with van der Waals surface area (Å²) in [5.41, 5.74) is -0.0706. The Bertz CT molecular complexity index is 1040. The van der Waals surface area contributed by atoms with Gasteiger partial charge in [-0.25, -0.2) is 9.59 Å². The molecule has 1 aliphatic heterocycles. The molecule has 1 aromatic carbocycles. The highest BCUT2D eigenvalue weighted by Crippen LogP contribution is 2.28. The van der Waals surface area contributed by atoms with E-state index >= 15 is 0 Å². The van der Waals surface area contributed by atoms with E-state index in [0.717, 1.165) is 32.1 Å². The first-order chi connectivity index (χ1) is 19.7. The summed E-state index contributed by atoms with van der Waals surface area (Å²) in [4.78, 5) is 39.9. The second-order valence-electron chi connectivity index (χ2n) is 12.0. The molecule has 1 aliphatic carbocycles. The second-order valence-corrected chi connectivity index (χ2v) is 12.0. The molecule has 3 N–H and O–H groups in total. The Balaban J connectivity index is 1.51. The van der Waals surface area contributed by atoms with E-state index in [9.17, 15) is 27.6 Å². The molecule has 236 valence electrons. The number of benzene rings is 1. The lowest BCUT2D eigenvalue weighted by Gasteiger charge is -2.28. The summed E-state index contributed by atoms with van der Waals surface area (Å²) in [5.74, 6) is -0.370.